The molecule has 0 aromatic rings. The second-order valence-corrected chi connectivity index (χ2v) is 7.24. The largest absolute Gasteiger partial charge is 0.385 e. The summed E-state index contributed by atoms with van der Waals surface area (Å²) in [7, 11) is 1.79. The standard InChI is InChI=1S/C17H34N2O/c1-14-11-15(2)13-17(12-14)18-16-5-8-19(9-6-16)7-4-10-20-3/h14-18H,4-13H2,1-3H3/t14-,15+,17?. The van der Waals surface area contributed by atoms with E-state index in [9.17, 15) is 0 Å². The van der Waals surface area contributed by atoms with E-state index in [-0.39, 0.29) is 0 Å². The van der Waals surface area contributed by atoms with Crippen molar-refractivity contribution in [2.45, 2.75) is 64.5 Å². The van der Waals surface area contributed by atoms with Crippen molar-refractivity contribution in [3.8, 4) is 0 Å². The van der Waals surface area contributed by atoms with Crippen LogP contribution in [0.25, 0.3) is 0 Å². The average Bonchev–Trinajstić information content (AvgIpc) is 2.40. The molecule has 2 rings (SSSR count). The number of hydrogen-bond acceptors (Lipinski definition) is 3. The van der Waals surface area contributed by atoms with Crippen molar-refractivity contribution in [2.75, 3.05) is 33.4 Å². The Hall–Kier alpha value is -0.120. The number of piperidine rings is 1. The van der Waals surface area contributed by atoms with Crippen LogP contribution in [0, 0.1) is 11.8 Å². The van der Waals surface area contributed by atoms with Crippen LogP contribution in [0.5, 0.6) is 0 Å². The molecule has 0 spiro atoms. The highest BCUT2D eigenvalue weighted by atomic mass is 16.5. The molecule has 3 nitrogen and oxygen atoms in total. The maximum Gasteiger partial charge on any atom is 0.0474 e. The average molecular weight is 282 g/mol. The predicted octanol–water partition coefficient (Wildman–Crippen LogP) is 2.90. The number of hydrogen-bond donors (Lipinski definition) is 1. The van der Waals surface area contributed by atoms with E-state index in [4.69, 9.17) is 4.74 Å². The topological polar surface area (TPSA) is 24.5 Å². The Morgan fingerprint density at radius 2 is 1.65 bits per heavy atom. The molecule has 0 aromatic heterocycles. The molecule has 1 unspecified atom stereocenters. The fourth-order valence-corrected chi connectivity index (χ4v) is 4.17. The maximum absolute atomic E-state index is 5.14. The van der Waals surface area contributed by atoms with Gasteiger partial charge < -0.3 is 15.0 Å². The van der Waals surface area contributed by atoms with Crippen LogP contribution in [0.2, 0.25) is 0 Å². The van der Waals surface area contributed by atoms with Gasteiger partial charge in [-0.05, 0) is 63.5 Å². The van der Waals surface area contributed by atoms with Crippen LogP contribution >= 0.6 is 0 Å². The van der Waals surface area contributed by atoms with E-state index in [1.165, 1.54) is 58.2 Å². The second kappa shape index (κ2) is 8.35. The van der Waals surface area contributed by atoms with Gasteiger partial charge in [0, 0.05) is 32.3 Å². The van der Waals surface area contributed by atoms with Crippen LogP contribution in [0.15, 0.2) is 0 Å². The minimum Gasteiger partial charge on any atom is -0.385 e. The fourth-order valence-electron chi connectivity index (χ4n) is 4.17. The first kappa shape index (κ1) is 16.3. The summed E-state index contributed by atoms with van der Waals surface area (Å²) in [5, 5.41) is 3.96. The van der Waals surface area contributed by atoms with Gasteiger partial charge >= 0.3 is 0 Å². The molecule has 3 atom stereocenters. The lowest BCUT2D eigenvalue weighted by Gasteiger charge is -2.38. The van der Waals surface area contributed by atoms with Crippen molar-refractivity contribution in [3.63, 3.8) is 0 Å². The fraction of sp³-hybridized carbons (Fsp3) is 1.00. The first-order chi connectivity index (χ1) is 9.67. The first-order valence-corrected chi connectivity index (χ1v) is 8.64. The molecule has 0 aromatic carbocycles. The molecule has 1 saturated carbocycles. The van der Waals surface area contributed by atoms with E-state index < -0.39 is 0 Å². The predicted molar refractivity (Wildman–Crippen MR) is 85.1 cm³/mol. The SMILES string of the molecule is COCCCN1CCC(NC2C[C@@H](C)C[C@@H](C)C2)CC1. The summed E-state index contributed by atoms with van der Waals surface area (Å²) in [6.45, 7) is 9.47. The molecular weight excluding hydrogens is 248 g/mol. The number of methoxy groups -OCH3 is 1. The van der Waals surface area contributed by atoms with Crippen molar-refractivity contribution < 1.29 is 4.74 Å². The molecule has 0 radical (unpaired) electrons. The second-order valence-electron chi connectivity index (χ2n) is 7.24. The number of ether oxygens (including phenoxy) is 1. The minimum absolute atomic E-state index is 0.760. The first-order valence-electron chi connectivity index (χ1n) is 8.64. The van der Waals surface area contributed by atoms with Crippen LogP contribution in [-0.4, -0.2) is 50.3 Å². The Kier molecular flexibility index (Phi) is 6.79. The summed E-state index contributed by atoms with van der Waals surface area (Å²) in [5.41, 5.74) is 0. The number of likely N-dealkylation sites (tertiary alicyclic amines) is 1. The quantitative estimate of drug-likeness (QED) is 0.758. The van der Waals surface area contributed by atoms with Gasteiger partial charge in [0.05, 0.1) is 0 Å². The van der Waals surface area contributed by atoms with E-state index in [1.807, 2.05) is 0 Å². The minimum atomic E-state index is 0.760. The number of rotatable bonds is 6. The molecule has 1 aliphatic carbocycles. The highest BCUT2D eigenvalue weighted by Gasteiger charge is 2.27. The Bertz CT molecular complexity index is 254. The number of nitrogens with zero attached hydrogens (tertiary/aromatic N) is 1. The van der Waals surface area contributed by atoms with E-state index >= 15 is 0 Å². The lowest BCUT2D eigenvalue weighted by molar-refractivity contribution is 0.143. The lowest BCUT2D eigenvalue weighted by atomic mass is 9.80. The van der Waals surface area contributed by atoms with Gasteiger partial charge in [-0.3, -0.25) is 0 Å². The zero-order valence-corrected chi connectivity index (χ0v) is 13.7. The zero-order chi connectivity index (χ0) is 14.4. The summed E-state index contributed by atoms with van der Waals surface area (Å²) >= 11 is 0. The summed E-state index contributed by atoms with van der Waals surface area (Å²) in [4.78, 5) is 2.60. The lowest BCUT2D eigenvalue weighted by Crippen LogP contribution is -2.48. The van der Waals surface area contributed by atoms with Gasteiger partial charge in [0.2, 0.25) is 0 Å². The van der Waals surface area contributed by atoms with Gasteiger partial charge in [-0.1, -0.05) is 13.8 Å². The van der Waals surface area contributed by atoms with Gasteiger partial charge in [0.15, 0.2) is 0 Å². The monoisotopic (exact) mass is 282 g/mol. The normalized spacial score (nSPS) is 33.5. The van der Waals surface area contributed by atoms with Gasteiger partial charge in [0.1, 0.15) is 0 Å². The molecule has 3 heteroatoms. The summed E-state index contributed by atoms with van der Waals surface area (Å²) in [6.07, 6.45) is 8.03. The highest BCUT2D eigenvalue weighted by Crippen LogP contribution is 2.29. The van der Waals surface area contributed by atoms with Crippen molar-refractivity contribution in [1.29, 1.82) is 0 Å². The van der Waals surface area contributed by atoms with E-state index in [0.717, 1.165) is 30.5 Å². The number of nitrogens with one attached hydrogen (secondary N) is 1. The molecule has 1 aliphatic heterocycles. The Morgan fingerprint density at radius 3 is 2.25 bits per heavy atom. The zero-order valence-electron chi connectivity index (χ0n) is 13.7. The van der Waals surface area contributed by atoms with Crippen molar-refractivity contribution in [1.82, 2.24) is 10.2 Å². The molecule has 2 fully saturated rings. The highest BCUT2D eigenvalue weighted by molar-refractivity contribution is 4.85. The van der Waals surface area contributed by atoms with E-state index in [2.05, 4.69) is 24.1 Å². The molecule has 20 heavy (non-hydrogen) atoms. The van der Waals surface area contributed by atoms with Crippen molar-refractivity contribution >= 4 is 0 Å². The smallest absolute Gasteiger partial charge is 0.0474 e. The maximum atomic E-state index is 5.14. The molecular formula is C17H34N2O. The van der Waals surface area contributed by atoms with Crippen molar-refractivity contribution in [3.05, 3.63) is 0 Å². The Labute approximate surface area is 125 Å². The van der Waals surface area contributed by atoms with Crippen LogP contribution < -0.4 is 5.32 Å². The van der Waals surface area contributed by atoms with Crippen LogP contribution in [0.3, 0.4) is 0 Å². The summed E-state index contributed by atoms with van der Waals surface area (Å²) in [5.74, 6) is 1.82. The van der Waals surface area contributed by atoms with Crippen molar-refractivity contribution in [2.24, 2.45) is 11.8 Å². The van der Waals surface area contributed by atoms with Crippen LogP contribution in [0.4, 0.5) is 0 Å². The van der Waals surface area contributed by atoms with Crippen LogP contribution in [-0.2, 0) is 4.74 Å². The van der Waals surface area contributed by atoms with E-state index in [0.29, 0.717) is 0 Å². The molecule has 0 bridgehead atoms. The summed E-state index contributed by atoms with van der Waals surface area (Å²) < 4.78 is 5.14. The van der Waals surface area contributed by atoms with Crippen LogP contribution in [0.1, 0.15) is 52.4 Å². The molecule has 1 N–H and O–H groups in total. The Morgan fingerprint density at radius 1 is 1.00 bits per heavy atom. The Balaban J connectivity index is 1.64. The molecule has 1 saturated heterocycles. The summed E-state index contributed by atoms with van der Waals surface area (Å²) in [6, 6.07) is 1.54. The third-order valence-electron chi connectivity index (χ3n) is 5.06. The van der Waals surface area contributed by atoms with E-state index in [1.54, 1.807) is 7.11 Å². The molecule has 2 aliphatic rings. The third kappa shape index (κ3) is 5.34. The molecule has 1 heterocycles. The van der Waals surface area contributed by atoms with Gasteiger partial charge in [-0.25, -0.2) is 0 Å². The molecule has 118 valence electrons. The van der Waals surface area contributed by atoms with Gasteiger partial charge in [0.25, 0.3) is 0 Å². The van der Waals surface area contributed by atoms with Gasteiger partial charge in [-0.15, -0.1) is 0 Å². The van der Waals surface area contributed by atoms with Gasteiger partial charge in [-0.2, -0.15) is 0 Å². The third-order valence-corrected chi connectivity index (χ3v) is 5.06. The molecule has 0 amide bonds.